The maximum atomic E-state index is 13.2. The molecule has 0 spiro atoms. The minimum Gasteiger partial charge on any atom is -0.490 e. The minimum absolute atomic E-state index is 0.214. The van der Waals surface area contributed by atoms with E-state index in [1.54, 1.807) is 24.1 Å². The molecule has 0 unspecified atom stereocenters. The number of halogens is 2. The van der Waals surface area contributed by atoms with Crippen molar-refractivity contribution in [1.82, 2.24) is 9.97 Å². The van der Waals surface area contributed by atoms with Crippen molar-refractivity contribution in [2.24, 2.45) is 0 Å². The Morgan fingerprint density at radius 1 is 1.33 bits per heavy atom. The van der Waals surface area contributed by atoms with Gasteiger partial charge in [-0.05, 0) is 18.2 Å². The maximum Gasteiger partial charge on any atom is 0.199 e. The normalized spacial score (nSPS) is 10.2. The van der Waals surface area contributed by atoms with E-state index in [9.17, 15) is 4.39 Å². The summed E-state index contributed by atoms with van der Waals surface area (Å²) < 4.78 is 18.3. The molecule has 0 aliphatic rings. The molecule has 94 valence electrons. The third-order valence-electron chi connectivity index (χ3n) is 2.46. The van der Waals surface area contributed by atoms with Gasteiger partial charge in [-0.15, -0.1) is 0 Å². The molecular weight excluding hydrogens is 257 g/mol. The summed E-state index contributed by atoms with van der Waals surface area (Å²) in [7, 11) is 3.23. The van der Waals surface area contributed by atoms with Gasteiger partial charge in [-0.25, -0.2) is 14.4 Å². The smallest absolute Gasteiger partial charge is 0.199 e. The number of aromatic nitrogens is 2. The van der Waals surface area contributed by atoms with Gasteiger partial charge in [0.05, 0.1) is 7.11 Å². The lowest BCUT2D eigenvalue weighted by Crippen LogP contribution is -2.13. The Balaban J connectivity index is 2.46. The van der Waals surface area contributed by atoms with Crippen LogP contribution in [0, 0.1) is 5.82 Å². The molecule has 6 heteroatoms. The van der Waals surface area contributed by atoms with Gasteiger partial charge in [0.25, 0.3) is 0 Å². The zero-order valence-electron chi connectivity index (χ0n) is 9.89. The molecule has 18 heavy (non-hydrogen) atoms. The molecule has 2 rings (SSSR count). The summed E-state index contributed by atoms with van der Waals surface area (Å²) in [6.07, 6.45) is 1.33. The zero-order valence-corrected chi connectivity index (χ0v) is 10.6. The van der Waals surface area contributed by atoms with Gasteiger partial charge >= 0.3 is 0 Å². The first-order chi connectivity index (χ1) is 8.63. The summed E-state index contributed by atoms with van der Waals surface area (Å²) in [5, 5.41) is 0.214. The van der Waals surface area contributed by atoms with E-state index in [-0.39, 0.29) is 11.0 Å². The molecule has 0 N–H and O–H groups in total. The van der Waals surface area contributed by atoms with E-state index < -0.39 is 0 Å². The van der Waals surface area contributed by atoms with Crippen molar-refractivity contribution in [2.45, 2.75) is 0 Å². The number of hydrogen-bond acceptors (Lipinski definition) is 4. The highest BCUT2D eigenvalue weighted by Gasteiger charge is 2.15. The van der Waals surface area contributed by atoms with Crippen LogP contribution in [-0.2, 0) is 0 Å². The number of anilines is 2. The minimum atomic E-state index is -0.321. The second-order valence-corrected chi connectivity index (χ2v) is 3.92. The Bertz CT molecular complexity index is 565. The molecule has 0 amide bonds. The number of rotatable bonds is 3. The summed E-state index contributed by atoms with van der Waals surface area (Å²) in [6, 6.07) is 6.16. The van der Waals surface area contributed by atoms with Crippen molar-refractivity contribution < 1.29 is 9.13 Å². The van der Waals surface area contributed by atoms with Crippen LogP contribution in [0.2, 0.25) is 5.15 Å². The highest BCUT2D eigenvalue weighted by molar-refractivity contribution is 6.31. The Morgan fingerprint density at radius 2 is 2.11 bits per heavy atom. The quantitative estimate of drug-likeness (QED) is 0.801. The monoisotopic (exact) mass is 267 g/mol. The first-order valence-electron chi connectivity index (χ1n) is 5.17. The van der Waals surface area contributed by atoms with Gasteiger partial charge in [-0.1, -0.05) is 17.7 Å². The molecule has 0 bridgehead atoms. The zero-order chi connectivity index (χ0) is 13.1. The highest BCUT2D eigenvalue weighted by atomic mass is 35.5. The molecular formula is C12H11ClFN3O. The molecule has 0 saturated heterocycles. The number of methoxy groups -OCH3 is 1. The maximum absolute atomic E-state index is 13.2. The summed E-state index contributed by atoms with van der Waals surface area (Å²) >= 11 is 5.92. The molecule has 0 fully saturated rings. The number of benzene rings is 1. The lowest BCUT2D eigenvalue weighted by molar-refractivity contribution is 0.412. The predicted octanol–water partition coefficient (Wildman–Crippen LogP) is 3.05. The number of nitrogens with zero attached hydrogens (tertiary/aromatic N) is 3. The van der Waals surface area contributed by atoms with E-state index in [0.29, 0.717) is 17.3 Å². The Labute approximate surface area is 109 Å². The van der Waals surface area contributed by atoms with Crippen molar-refractivity contribution in [3.63, 3.8) is 0 Å². The fourth-order valence-corrected chi connectivity index (χ4v) is 1.77. The fraction of sp³-hybridized carbons (Fsp3) is 0.167. The van der Waals surface area contributed by atoms with Crippen molar-refractivity contribution in [2.75, 3.05) is 19.1 Å². The lowest BCUT2D eigenvalue weighted by atomic mass is 10.3. The third kappa shape index (κ3) is 2.36. The molecule has 4 nitrogen and oxygen atoms in total. The Kier molecular flexibility index (Phi) is 3.62. The van der Waals surface area contributed by atoms with Crippen molar-refractivity contribution in [3.8, 4) is 5.75 Å². The SMILES string of the molecule is COc1c(Cl)ncnc1N(C)c1cccc(F)c1. The van der Waals surface area contributed by atoms with E-state index in [2.05, 4.69) is 9.97 Å². The van der Waals surface area contributed by atoms with E-state index in [1.165, 1.54) is 25.6 Å². The van der Waals surface area contributed by atoms with Crippen LogP contribution in [-0.4, -0.2) is 24.1 Å². The van der Waals surface area contributed by atoms with Crippen LogP contribution in [0.25, 0.3) is 0 Å². The second kappa shape index (κ2) is 5.18. The Hall–Kier alpha value is -1.88. The van der Waals surface area contributed by atoms with Gasteiger partial charge in [-0.2, -0.15) is 0 Å². The largest absolute Gasteiger partial charge is 0.490 e. The van der Waals surface area contributed by atoms with Crippen LogP contribution in [0.1, 0.15) is 0 Å². The lowest BCUT2D eigenvalue weighted by Gasteiger charge is -2.20. The molecule has 0 saturated carbocycles. The van der Waals surface area contributed by atoms with Crippen LogP contribution in [0.3, 0.4) is 0 Å². The van der Waals surface area contributed by atoms with Crippen molar-refractivity contribution >= 4 is 23.1 Å². The average molecular weight is 268 g/mol. The van der Waals surface area contributed by atoms with E-state index in [1.807, 2.05) is 0 Å². The van der Waals surface area contributed by atoms with Crippen LogP contribution in [0.15, 0.2) is 30.6 Å². The molecule has 1 aromatic heterocycles. The van der Waals surface area contributed by atoms with Gasteiger partial charge in [0, 0.05) is 12.7 Å². The molecule has 0 aliphatic carbocycles. The summed E-state index contributed by atoms with van der Waals surface area (Å²) in [5.74, 6) is 0.507. The van der Waals surface area contributed by atoms with Crippen LogP contribution in [0.5, 0.6) is 5.75 Å². The molecule has 0 aliphatic heterocycles. The molecule has 0 radical (unpaired) electrons. The molecule has 2 aromatic rings. The second-order valence-electron chi connectivity index (χ2n) is 3.56. The van der Waals surface area contributed by atoms with Gasteiger partial charge in [-0.3, -0.25) is 0 Å². The first-order valence-corrected chi connectivity index (χ1v) is 5.55. The van der Waals surface area contributed by atoms with Crippen LogP contribution >= 0.6 is 11.6 Å². The molecule has 0 atom stereocenters. The van der Waals surface area contributed by atoms with Crippen LogP contribution in [0.4, 0.5) is 15.9 Å². The molecule has 1 heterocycles. The van der Waals surface area contributed by atoms with E-state index >= 15 is 0 Å². The summed E-state index contributed by atoms with van der Waals surface area (Å²) in [4.78, 5) is 9.61. The summed E-state index contributed by atoms with van der Waals surface area (Å²) in [6.45, 7) is 0. The average Bonchev–Trinajstić information content (AvgIpc) is 2.37. The van der Waals surface area contributed by atoms with Gasteiger partial charge in [0.15, 0.2) is 16.7 Å². The van der Waals surface area contributed by atoms with Gasteiger partial charge in [0.1, 0.15) is 12.1 Å². The first kappa shape index (κ1) is 12.6. The standard InChI is InChI=1S/C12H11ClFN3O/c1-17(9-5-3-4-8(14)6-9)12-10(18-2)11(13)15-7-16-12/h3-7H,1-2H3. The topological polar surface area (TPSA) is 38.3 Å². The third-order valence-corrected chi connectivity index (χ3v) is 2.73. The Morgan fingerprint density at radius 3 is 2.78 bits per heavy atom. The van der Waals surface area contributed by atoms with E-state index in [0.717, 1.165) is 0 Å². The predicted molar refractivity (Wildman–Crippen MR) is 68.1 cm³/mol. The van der Waals surface area contributed by atoms with Crippen LogP contribution < -0.4 is 9.64 Å². The molecule has 1 aromatic carbocycles. The van der Waals surface area contributed by atoms with Gasteiger partial charge < -0.3 is 9.64 Å². The van der Waals surface area contributed by atoms with Crippen molar-refractivity contribution in [1.29, 1.82) is 0 Å². The van der Waals surface area contributed by atoms with E-state index in [4.69, 9.17) is 16.3 Å². The highest BCUT2D eigenvalue weighted by Crippen LogP contribution is 2.34. The summed E-state index contributed by atoms with van der Waals surface area (Å²) in [5.41, 5.74) is 0.642. The van der Waals surface area contributed by atoms with Gasteiger partial charge in [0.2, 0.25) is 0 Å². The number of hydrogen-bond donors (Lipinski definition) is 0. The number of ether oxygens (including phenoxy) is 1. The van der Waals surface area contributed by atoms with Crippen molar-refractivity contribution in [3.05, 3.63) is 41.6 Å². The fourth-order valence-electron chi connectivity index (χ4n) is 1.57.